The second-order valence-electron chi connectivity index (χ2n) is 14.1. The van der Waals surface area contributed by atoms with Crippen molar-refractivity contribution in [1.82, 2.24) is 0 Å². The Morgan fingerprint density at radius 2 is 1.81 bits per heavy atom. The Kier molecular flexibility index (Phi) is 10.5. The maximum Gasteiger partial charge on any atom is 0.335 e. The van der Waals surface area contributed by atoms with E-state index in [9.17, 15) is 35.4 Å². The standard InChI is InChI=1S/C33H52O9/c1-18-8-12-22(34)17-21(18)11-10-20-7-6-16-33(5)23(13-14-24(20)33)19(2)9-15-25(32(3,4)40)41-31-28(37)26(35)27(36)29(42-31)30(38)39/h10-11,19,22-29,31,34-37,40H,1,6-9,12-17H2,2-5H3,(H,38,39)/b20-10+,21-11?/t19-,22+,23-,24+,25-,26+,27+,28-,29+,31-,33-/m1/s1. The summed E-state index contributed by atoms with van der Waals surface area (Å²) in [6, 6.07) is 0. The van der Waals surface area contributed by atoms with Crippen LogP contribution in [0.4, 0.5) is 0 Å². The lowest BCUT2D eigenvalue weighted by molar-refractivity contribution is -0.315. The van der Waals surface area contributed by atoms with Gasteiger partial charge in [0.2, 0.25) is 0 Å². The Labute approximate surface area is 249 Å². The molecule has 0 spiro atoms. The van der Waals surface area contributed by atoms with E-state index >= 15 is 0 Å². The highest BCUT2D eigenvalue weighted by molar-refractivity contribution is 5.73. The van der Waals surface area contributed by atoms with Crippen LogP contribution < -0.4 is 0 Å². The largest absolute Gasteiger partial charge is 0.479 e. The lowest BCUT2D eigenvalue weighted by Gasteiger charge is -2.45. The zero-order valence-electron chi connectivity index (χ0n) is 25.6. The Morgan fingerprint density at radius 1 is 1.10 bits per heavy atom. The molecule has 9 nitrogen and oxygen atoms in total. The molecule has 0 bridgehead atoms. The number of carbonyl (C=O) groups is 1. The molecule has 0 radical (unpaired) electrons. The van der Waals surface area contributed by atoms with Crippen LogP contribution in [0.2, 0.25) is 0 Å². The van der Waals surface area contributed by atoms with Crippen LogP contribution in [-0.4, -0.2) is 85.1 Å². The predicted molar refractivity (Wildman–Crippen MR) is 157 cm³/mol. The van der Waals surface area contributed by atoms with Crippen LogP contribution in [-0.2, 0) is 14.3 Å². The number of fused-ring (bicyclic) bond motifs is 1. The van der Waals surface area contributed by atoms with Gasteiger partial charge in [-0.2, -0.15) is 0 Å². The fourth-order valence-electron chi connectivity index (χ4n) is 8.14. The molecule has 1 saturated heterocycles. The highest BCUT2D eigenvalue weighted by atomic mass is 16.7. The molecule has 238 valence electrons. The molecule has 0 unspecified atom stereocenters. The predicted octanol–water partition coefficient (Wildman–Crippen LogP) is 3.62. The molecule has 0 aromatic heterocycles. The molecular formula is C33H52O9. The van der Waals surface area contributed by atoms with Crippen LogP contribution in [0.15, 0.2) is 35.5 Å². The number of carboxylic acid groups (broad SMARTS) is 1. The maximum atomic E-state index is 11.5. The quantitative estimate of drug-likeness (QED) is 0.235. The van der Waals surface area contributed by atoms with Gasteiger partial charge in [0.25, 0.3) is 0 Å². The van der Waals surface area contributed by atoms with Crippen molar-refractivity contribution < 1.29 is 44.9 Å². The van der Waals surface area contributed by atoms with Crippen molar-refractivity contribution in [3.05, 3.63) is 35.5 Å². The van der Waals surface area contributed by atoms with Gasteiger partial charge in [0.05, 0.1) is 17.8 Å². The number of ether oxygens (including phenoxy) is 2. The molecule has 0 aromatic rings. The number of carboxylic acids is 1. The molecule has 3 aliphatic carbocycles. The molecule has 4 fully saturated rings. The van der Waals surface area contributed by atoms with Gasteiger partial charge in [-0.3, -0.25) is 0 Å². The van der Waals surface area contributed by atoms with Crippen LogP contribution in [0.3, 0.4) is 0 Å². The van der Waals surface area contributed by atoms with Gasteiger partial charge < -0.3 is 40.1 Å². The summed E-state index contributed by atoms with van der Waals surface area (Å²) in [5.41, 5.74) is 2.63. The third kappa shape index (κ3) is 7.04. The molecule has 4 aliphatic rings. The van der Waals surface area contributed by atoms with Crippen LogP contribution >= 0.6 is 0 Å². The lowest BCUT2D eigenvalue weighted by Crippen LogP contribution is -2.61. The second-order valence-corrected chi connectivity index (χ2v) is 14.1. The van der Waals surface area contributed by atoms with Crippen LogP contribution in [0.1, 0.15) is 91.9 Å². The minimum absolute atomic E-state index is 0.161. The average molecular weight is 593 g/mol. The molecule has 6 N–H and O–H groups in total. The van der Waals surface area contributed by atoms with E-state index in [1.807, 2.05) is 0 Å². The number of allylic oxidation sites excluding steroid dienone is 4. The topological polar surface area (TPSA) is 157 Å². The van der Waals surface area contributed by atoms with Gasteiger partial charge in [-0.15, -0.1) is 0 Å². The minimum Gasteiger partial charge on any atom is -0.479 e. The average Bonchev–Trinajstić information content (AvgIpc) is 3.27. The zero-order chi connectivity index (χ0) is 31.0. The van der Waals surface area contributed by atoms with Gasteiger partial charge in [-0.05, 0) is 107 Å². The number of aliphatic hydroxyl groups excluding tert-OH is 4. The molecule has 1 aliphatic heterocycles. The third-order valence-electron chi connectivity index (χ3n) is 10.7. The molecule has 0 aromatic carbocycles. The van der Waals surface area contributed by atoms with Gasteiger partial charge in [0.15, 0.2) is 12.4 Å². The van der Waals surface area contributed by atoms with Crippen molar-refractivity contribution in [2.45, 2.75) is 140 Å². The van der Waals surface area contributed by atoms with Crippen LogP contribution in [0.5, 0.6) is 0 Å². The number of rotatable bonds is 9. The summed E-state index contributed by atoms with van der Waals surface area (Å²) in [7, 11) is 0. The molecular weight excluding hydrogens is 540 g/mol. The first-order valence-corrected chi connectivity index (χ1v) is 15.7. The summed E-state index contributed by atoms with van der Waals surface area (Å²) in [5, 5.41) is 61.1. The number of aliphatic hydroxyl groups is 5. The maximum absolute atomic E-state index is 11.5. The van der Waals surface area contributed by atoms with Crippen molar-refractivity contribution >= 4 is 5.97 Å². The van der Waals surface area contributed by atoms with E-state index < -0.39 is 48.4 Å². The highest BCUT2D eigenvalue weighted by Crippen LogP contribution is 2.60. The molecule has 9 heteroatoms. The van der Waals surface area contributed by atoms with Crippen molar-refractivity contribution in [3.8, 4) is 0 Å². The lowest BCUT2D eigenvalue weighted by atomic mass is 9.60. The fraction of sp³-hybridized carbons (Fsp3) is 0.788. The molecule has 3 saturated carbocycles. The summed E-state index contributed by atoms with van der Waals surface area (Å²) in [4.78, 5) is 11.5. The van der Waals surface area contributed by atoms with E-state index in [1.54, 1.807) is 13.8 Å². The van der Waals surface area contributed by atoms with Crippen molar-refractivity contribution in [1.29, 1.82) is 0 Å². The van der Waals surface area contributed by atoms with E-state index in [0.29, 0.717) is 30.6 Å². The van der Waals surface area contributed by atoms with Gasteiger partial charge in [-0.1, -0.05) is 43.7 Å². The summed E-state index contributed by atoms with van der Waals surface area (Å²) in [6.07, 6.45) is 4.09. The Hall–Kier alpha value is -1.59. The van der Waals surface area contributed by atoms with Gasteiger partial charge >= 0.3 is 5.97 Å². The molecule has 42 heavy (non-hydrogen) atoms. The first-order valence-electron chi connectivity index (χ1n) is 15.7. The molecule has 11 atom stereocenters. The van der Waals surface area contributed by atoms with Crippen LogP contribution in [0.25, 0.3) is 0 Å². The number of aliphatic carboxylic acids is 1. The SMILES string of the molecule is C=C1CC[C@H](O)CC1=C/C=C1\CCC[C@]2(C)[C@@H]([C@H](C)CC[C@@H](O[C@@H]3O[C@H](C(=O)O)[C@@H](O)[C@H](O)[C@H]3O)C(C)(C)O)CC[C@@H]12. The Balaban J connectivity index is 1.42. The van der Waals surface area contributed by atoms with Gasteiger partial charge in [0.1, 0.15) is 18.3 Å². The number of hydrogen-bond acceptors (Lipinski definition) is 8. The van der Waals surface area contributed by atoms with Crippen molar-refractivity contribution in [2.24, 2.45) is 23.2 Å². The fourth-order valence-corrected chi connectivity index (χ4v) is 8.14. The Morgan fingerprint density at radius 3 is 2.48 bits per heavy atom. The second kappa shape index (κ2) is 13.2. The van der Waals surface area contributed by atoms with E-state index in [1.165, 1.54) is 5.57 Å². The highest BCUT2D eigenvalue weighted by Gasteiger charge is 2.51. The smallest absolute Gasteiger partial charge is 0.335 e. The molecule has 0 amide bonds. The third-order valence-corrected chi connectivity index (χ3v) is 10.7. The van der Waals surface area contributed by atoms with Crippen molar-refractivity contribution in [2.75, 3.05) is 0 Å². The monoisotopic (exact) mass is 592 g/mol. The first-order chi connectivity index (χ1) is 19.6. The van der Waals surface area contributed by atoms with E-state index in [-0.39, 0.29) is 11.5 Å². The number of hydrogen-bond donors (Lipinski definition) is 6. The van der Waals surface area contributed by atoms with E-state index in [4.69, 9.17) is 9.47 Å². The van der Waals surface area contributed by atoms with Gasteiger partial charge in [0, 0.05) is 0 Å². The normalized spacial score (nSPS) is 41.1. The summed E-state index contributed by atoms with van der Waals surface area (Å²) < 4.78 is 11.3. The summed E-state index contributed by atoms with van der Waals surface area (Å²) in [5.74, 6) is -0.156. The molecule has 4 rings (SSSR count). The van der Waals surface area contributed by atoms with E-state index in [2.05, 4.69) is 32.6 Å². The van der Waals surface area contributed by atoms with Gasteiger partial charge in [-0.25, -0.2) is 4.79 Å². The van der Waals surface area contributed by atoms with E-state index in [0.717, 1.165) is 62.5 Å². The van der Waals surface area contributed by atoms with Crippen LogP contribution in [0, 0.1) is 23.2 Å². The zero-order valence-corrected chi connectivity index (χ0v) is 25.6. The minimum atomic E-state index is -1.80. The van der Waals surface area contributed by atoms with Crippen molar-refractivity contribution in [3.63, 3.8) is 0 Å². The molecule has 1 heterocycles. The Bertz CT molecular complexity index is 1040. The summed E-state index contributed by atoms with van der Waals surface area (Å²) in [6.45, 7) is 12.1. The first kappa shape index (κ1) is 33.3. The summed E-state index contributed by atoms with van der Waals surface area (Å²) >= 11 is 0.